The highest BCUT2D eigenvalue weighted by Crippen LogP contribution is 2.24. The summed E-state index contributed by atoms with van der Waals surface area (Å²) in [5, 5.41) is 2.62. The fourth-order valence-electron chi connectivity index (χ4n) is 2.20. The molecule has 2 nitrogen and oxygen atoms in total. The first kappa shape index (κ1) is 15.1. The fraction of sp³-hybridized carbons (Fsp3) is 0.0556. The van der Waals surface area contributed by atoms with Gasteiger partial charge >= 0.3 is 0 Å². The molecule has 0 spiro atoms. The molecule has 0 unspecified atom stereocenters. The Labute approximate surface area is 141 Å². The molecule has 0 atom stereocenters. The average Bonchev–Trinajstić information content (AvgIpc) is 2.53. The summed E-state index contributed by atoms with van der Waals surface area (Å²) in [4.78, 5) is 12.1. The van der Waals surface area contributed by atoms with Gasteiger partial charge in [-0.2, -0.15) is 0 Å². The minimum absolute atomic E-state index is 0.0359. The van der Waals surface area contributed by atoms with E-state index in [-0.39, 0.29) is 12.4 Å². The molecule has 0 aliphatic heterocycles. The molecule has 0 fully saturated rings. The molecule has 0 radical (unpaired) electrons. The highest BCUT2D eigenvalue weighted by molar-refractivity contribution is 9.10. The maximum Gasteiger partial charge on any atom is 0.201 e. The van der Waals surface area contributed by atoms with E-state index < -0.39 is 0 Å². The van der Waals surface area contributed by atoms with Crippen LogP contribution in [-0.4, -0.2) is 12.4 Å². The van der Waals surface area contributed by atoms with Crippen LogP contribution in [0.15, 0.2) is 65.1 Å². The molecule has 110 valence electrons. The van der Waals surface area contributed by atoms with Gasteiger partial charge in [0, 0.05) is 10.0 Å². The second kappa shape index (κ2) is 6.51. The SMILES string of the molecule is O=C(COc1ccc2cc(Br)ccc2c1)c1ccccc1Cl. The molecule has 0 amide bonds. The van der Waals surface area contributed by atoms with Gasteiger partial charge in [0.2, 0.25) is 5.78 Å². The zero-order valence-electron chi connectivity index (χ0n) is 11.6. The van der Waals surface area contributed by atoms with E-state index in [1.54, 1.807) is 24.3 Å². The zero-order chi connectivity index (χ0) is 15.5. The van der Waals surface area contributed by atoms with Crippen molar-refractivity contribution in [3.05, 3.63) is 75.7 Å². The first-order valence-electron chi connectivity index (χ1n) is 6.73. The largest absolute Gasteiger partial charge is 0.485 e. The van der Waals surface area contributed by atoms with Gasteiger partial charge in [0.1, 0.15) is 5.75 Å². The van der Waals surface area contributed by atoms with Gasteiger partial charge < -0.3 is 4.74 Å². The van der Waals surface area contributed by atoms with Crippen LogP contribution in [0, 0.1) is 0 Å². The maximum atomic E-state index is 12.1. The highest BCUT2D eigenvalue weighted by Gasteiger charge is 2.10. The molecular formula is C18H12BrClO2. The molecule has 0 bridgehead atoms. The molecule has 3 aromatic carbocycles. The van der Waals surface area contributed by atoms with Crippen LogP contribution in [0.2, 0.25) is 5.02 Å². The van der Waals surface area contributed by atoms with Gasteiger partial charge in [0.15, 0.2) is 6.61 Å². The van der Waals surface area contributed by atoms with Gasteiger partial charge in [0.05, 0.1) is 5.02 Å². The number of carbonyl (C=O) groups excluding carboxylic acids is 1. The van der Waals surface area contributed by atoms with Gasteiger partial charge in [-0.3, -0.25) is 4.79 Å². The van der Waals surface area contributed by atoms with E-state index in [1.165, 1.54) is 0 Å². The Morgan fingerprint density at radius 2 is 1.73 bits per heavy atom. The van der Waals surface area contributed by atoms with Crippen molar-refractivity contribution in [2.75, 3.05) is 6.61 Å². The number of fused-ring (bicyclic) bond motifs is 1. The average molecular weight is 376 g/mol. The molecular weight excluding hydrogens is 364 g/mol. The fourth-order valence-corrected chi connectivity index (χ4v) is 2.82. The number of benzene rings is 3. The normalized spacial score (nSPS) is 10.6. The van der Waals surface area contributed by atoms with Crippen LogP contribution in [0.3, 0.4) is 0 Å². The van der Waals surface area contributed by atoms with E-state index in [2.05, 4.69) is 15.9 Å². The first-order chi connectivity index (χ1) is 10.6. The van der Waals surface area contributed by atoms with Crippen molar-refractivity contribution in [2.24, 2.45) is 0 Å². The van der Waals surface area contributed by atoms with Crippen LogP contribution >= 0.6 is 27.5 Å². The van der Waals surface area contributed by atoms with E-state index in [0.717, 1.165) is 15.2 Å². The van der Waals surface area contributed by atoms with Crippen LogP contribution in [0.25, 0.3) is 10.8 Å². The molecule has 0 saturated carbocycles. The number of ether oxygens (including phenoxy) is 1. The van der Waals surface area contributed by atoms with E-state index in [0.29, 0.717) is 16.3 Å². The predicted molar refractivity (Wildman–Crippen MR) is 92.9 cm³/mol. The van der Waals surface area contributed by atoms with Gasteiger partial charge in [0.25, 0.3) is 0 Å². The van der Waals surface area contributed by atoms with Crippen molar-refractivity contribution in [3.8, 4) is 5.75 Å². The Morgan fingerprint density at radius 3 is 2.55 bits per heavy atom. The molecule has 0 aliphatic rings. The minimum atomic E-state index is -0.137. The van der Waals surface area contributed by atoms with Crippen LogP contribution in [-0.2, 0) is 0 Å². The summed E-state index contributed by atoms with van der Waals surface area (Å²) in [7, 11) is 0. The van der Waals surface area contributed by atoms with Crippen molar-refractivity contribution in [3.63, 3.8) is 0 Å². The van der Waals surface area contributed by atoms with Crippen LogP contribution in [0.5, 0.6) is 5.75 Å². The number of hydrogen-bond acceptors (Lipinski definition) is 2. The third-order valence-electron chi connectivity index (χ3n) is 3.32. The Kier molecular flexibility index (Phi) is 4.46. The number of hydrogen-bond donors (Lipinski definition) is 0. The molecule has 4 heteroatoms. The number of rotatable bonds is 4. The number of Topliss-reactive ketones (excluding diaryl/α,β-unsaturated/α-hetero) is 1. The van der Waals surface area contributed by atoms with Crippen LogP contribution in [0.1, 0.15) is 10.4 Å². The van der Waals surface area contributed by atoms with Crippen molar-refractivity contribution in [1.29, 1.82) is 0 Å². The molecule has 0 aromatic heterocycles. The lowest BCUT2D eigenvalue weighted by molar-refractivity contribution is 0.0922. The lowest BCUT2D eigenvalue weighted by atomic mass is 10.1. The smallest absolute Gasteiger partial charge is 0.201 e. The molecule has 3 rings (SSSR count). The number of ketones is 1. The number of halogens is 2. The first-order valence-corrected chi connectivity index (χ1v) is 7.90. The summed E-state index contributed by atoms with van der Waals surface area (Å²) < 4.78 is 6.63. The monoisotopic (exact) mass is 374 g/mol. The lowest BCUT2D eigenvalue weighted by Gasteiger charge is -2.08. The third-order valence-corrected chi connectivity index (χ3v) is 4.14. The van der Waals surface area contributed by atoms with Crippen molar-refractivity contribution >= 4 is 44.1 Å². The Morgan fingerprint density at radius 1 is 1.00 bits per heavy atom. The van der Waals surface area contributed by atoms with E-state index >= 15 is 0 Å². The Hall–Kier alpha value is -1.84. The summed E-state index contributed by atoms with van der Waals surface area (Å²) in [5.41, 5.74) is 0.480. The topological polar surface area (TPSA) is 26.3 Å². The Balaban J connectivity index is 1.75. The molecule has 22 heavy (non-hydrogen) atoms. The summed E-state index contributed by atoms with van der Waals surface area (Å²) in [6.45, 7) is -0.0359. The molecule has 0 N–H and O–H groups in total. The second-order valence-corrected chi connectivity index (χ2v) is 6.17. The summed E-state index contributed by atoms with van der Waals surface area (Å²) in [5.74, 6) is 0.525. The third kappa shape index (κ3) is 3.32. The molecule has 0 saturated heterocycles. The molecule has 0 aliphatic carbocycles. The maximum absolute atomic E-state index is 12.1. The van der Waals surface area contributed by atoms with Crippen molar-refractivity contribution < 1.29 is 9.53 Å². The summed E-state index contributed by atoms with van der Waals surface area (Å²) >= 11 is 9.46. The molecule has 3 aromatic rings. The number of carbonyl (C=O) groups is 1. The Bertz CT molecular complexity index is 845. The standard InChI is InChI=1S/C18H12BrClO2/c19-14-7-5-13-10-15(8-6-12(13)9-14)22-11-18(21)16-3-1-2-4-17(16)20/h1-10H,11H2. The lowest BCUT2D eigenvalue weighted by Crippen LogP contribution is -2.12. The van der Waals surface area contributed by atoms with Crippen molar-refractivity contribution in [2.45, 2.75) is 0 Å². The van der Waals surface area contributed by atoms with Gasteiger partial charge in [-0.05, 0) is 47.2 Å². The van der Waals surface area contributed by atoms with Crippen LogP contribution in [0.4, 0.5) is 0 Å². The van der Waals surface area contributed by atoms with Crippen LogP contribution < -0.4 is 4.74 Å². The van der Waals surface area contributed by atoms with E-state index in [4.69, 9.17) is 16.3 Å². The highest BCUT2D eigenvalue weighted by atomic mass is 79.9. The minimum Gasteiger partial charge on any atom is -0.485 e. The van der Waals surface area contributed by atoms with Gasteiger partial charge in [-0.25, -0.2) is 0 Å². The zero-order valence-corrected chi connectivity index (χ0v) is 13.9. The van der Waals surface area contributed by atoms with E-state index in [9.17, 15) is 4.79 Å². The predicted octanol–water partition coefficient (Wildman–Crippen LogP) is 5.52. The second-order valence-electron chi connectivity index (χ2n) is 4.84. The van der Waals surface area contributed by atoms with Crippen molar-refractivity contribution in [1.82, 2.24) is 0 Å². The quantitative estimate of drug-likeness (QED) is 0.561. The summed E-state index contributed by atoms with van der Waals surface area (Å²) in [6.07, 6.45) is 0. The van der Waals surface area contributed by atoms with Gasteiger partial charge in [-0.15, -0.1) is 0 Å². The molecule has 0 heterocycles. The summed E-state index contributed by atoms with van der Waals surface area (Å²) in [6, 6.07) is 18.7. The van der Waals surface area contributed by atoms with E-state index in [1.807, 2.05) is 36.4 Å². The van der Waals surface area contributed by atoms with Gasteiger partial charge in [-0.1, -0.05) is 51.8 Å².